The summed E-state index contributed by atoms with van der Waals surface area (Å²) in [6, 6.07) is 14.2. The molecule has 4 rings (SSSR count). The van der Waals surface area contributed by atoms with Gasteiger partial charge in [0.05, 0.1) is 31.1 Å². The second kappa shape index (κ2) is 10.1. The molecule has 7 nitrogen and oxygen atoms in total. The van der Waals surface area contributed by atoms with Gasteiger partial charge in [0, 0.05) is 44.0 Å². The Hall–Kier alpha value is -3.03. The molecule has 1 N–H and O–H groups in total. The fraction of sp³-hybridized carbons (Fsp3) is 0.333. The molecule has 0 saturated carbocycles. The molecule has 8 heteroatoms. The lowest BCUT2D eigenvalue weighted by atomic mass is 10.1. The summed E-state index contributed by atoms with van der Waals surface area (Å²) in [6.45, 7) is 4.26. The predicted molar refractivity (Wildman–Crippen MR) is 129 cm³/mol. The lowest BCUT2D eigenvalue weighted by Crippen LogP contribution is -2.44. The molecular weight excluding hydrogens is 426 g/mol. The van der Waals surface area contributed by atoms with Crippen LogP contribution in [0.15, 0.2) is 48.7 Å². The van der Waals surface area contributed by atoms with Crippen LogP contribution in [0.1, 0.15) is 11.3 Å². The van der Waals surface area contributed by atoms with Gasteiger partial charge in [0.15, 0.2) is 11.5 Å². The number of piperazine rings is 1. The zero-order chi connectivity index (χ0) is 22.5. The van der Waals surface area contributed by atoms with Crippen LogP contribution in [0.25, 0.3) is 0 Å². The van der Waals surface area contributed by atoms with E-state index in [0.29, 0.717) is 28.9 Å². The molecule has 168 valence electrons. The third kappa shape index (κ3) is 5.23. The van der Waals surface area contributed by atoms with Crippen LogP contribution in [-0.4, -0.2) is 62.3 Å². The molecule has 1 aliphatic rings. The third-order valence-electron chi connectivity index (χ3n) is 5.63. The molecule has 3 aromatic rings. The van der Waals surface area contributed by atoms with Gasteiger partial charge >= 0.3 is 0 Å². The number of ether oxygens (including phenoxy) is 2. The molecule has 1 aromatic heterocycles. The summed E-state index contributed by atoms with van der Waals surface area (Å²) in [7, 11) is 5.40. The zero-order valence-corrected chi connectivity index (χ0v) is 19.4. The van der Waals surface area contributed by atoms with Crippen LogP contribution in [0.5, 0.6) is 11.5 Å². The van der Waals surface area contributed by atoms with Gasteiger partial charge < -0.3 is 24.6 Å². The standard InChI is InChI=1S/C24H28ClN5O2/c1-29-10-12-30(13-11-29)19-7-5-18(6-8-19)27-24-26-16-20(25)21(28-24)14-17-4-9-22(31-2)23(15-17)32-3/h4-9,15-16H,10-14H2,1-3H3,(H,26,27,28). The van der Waals surface area contributed by atoms with E-state index in [4.69, 9.17) is 21.1 Å². The number of rotatable bonds is 7. The Morgan fingerprint density at radius 1 is 0.969 bits per heavy atom. The number of methoxy groups -OCH3 is 2. The van der Waals surface area contributed by atoms with Crippen LogP contribution in [0.4, 0.5) is 17.3 Å². The van der Waals surface area contributed by atoms with E-state index in [-0.39, 0.29) is 0 Å². The van der Waals surface area contributed by atoms with E-state index in [2.05, 4.69) is 56.4 Å². The second-order valence-corrected chi connectivity index (χ2v) is 8.22. The smallest absolute Gasteiger partial charge is 0.227 e. The van der Waals surface area contributed by atoms with E-state index < -0.39 is 0 Å². The molecular formula is C24H28ClN5O2. The first-order chi connectivity index (χ1) is 15.6. The lowest BCUT2D eigenvalue weighted by molar-refractivity contribution is 0.313. The lowest BCUT2D eigenvalue weighted by Gasteiger charge is -2.34. The van der Waals surface area contributed by atoms with E-state index in [1.165, 1.54) is 5.69 Å². The minimum absolute atomic E-state index is 0.511. The highest BCUT2D eigenvalue weighted by molar-refractivity contribution is 6.31. The van der Waals surface area contributed by atoms with Gasteiger partial charge in [0.1, 0.15) is 0 Å². The number of anilines is 3. The van der Waals surface area contributed by atoms with Gasteiger partial charge in [0.2, 0.25) is 5.95 Å². The van der Waals surface area contributed by atoms with Crippen molar-refractivity contribution in [3.8, 4) is 11.5 Å². The summed E-state index contributed by atoms with van der Waals surface area (Å²) in [5.41, 5.74) is 3.92. The van der Waals surface area contributed by atoms with E-state index in [0.717, 1.165) is 43.1 Å². The first-order valence-corrected chi connectivity index (χ1v) is 11.0. The maximum atomic E-state index is 6.38. The topological polar surface area (TPSA) is 62.8 Å². The Balaban J connectivity index is 1.46. The first kappa shape index (κ1) is 22.2. The van der Waals surface area contributed by atoms with Crippen LogP contribution in [0.2, 0.25) is 5.02 Å². The van der Waals surface area contributed by atoms with Crippen molar-refractivity contribution in [3.63, 3.8) is 0 Å². The summed E-state index contributed by atoms with van der Waals surface area (Å²) >= 11 is 6.38. The van der Waals surface area contributed by atoms with Gasteiger partial charge in [0.25, 0.3) is 0 Å². The van der Waals surface area contributed by atoms with Crippen molar-refractivity contribution in [2.24, 2.45) is 0 Å². The maximum absolute atomic E-state index is 6.38. The fourth-order valence-corrected chi connectivity index (χ4v) is 3.88. The summed E-state index contributed by atoms with van der Waals surface area (Å²) < 4.78 is 10.7. The van der Waals surface area contributed by atoms with Gasteiger partial charge in [-0.3, -0.25) is 0 Å². The average molecular weight is 454 g/mol. The van der Waals surface area contributed by atoms with Crippen LogP contribution < -0.4 is 19.7 Å². The van der Waals surface area contributed by atoms with Crippen molar-refractivity contribution in [3.05, 3.63) is 64.9 Å². The van der Waals surface area contributed by atoms with E-state index in [9.17, 15) is 0 Å². The van der Waals surface area contributed by atoms with Crippen molar-refractivity contribution < 1.29 is 9.47 Å². The normalized spacial score (nSPS) is 14.3. The molecule has 0 unspecified atom stereocenters. The van der Waals surface area contributed by atoms with Crippen molar-refractivity contribution in [2.75, 3.05) is 57.7 Å². The van der Waals surface area contributed by atoms with Gasteiger partial charge in [-0.2, -0.15) is 0 Å². The molecule has 1 fully saturated rings. The van der Waals surface area contributed by atoms with Crippen LogP contribution >= 0.6 is 11.6 Å². The Labute approximate surface area is 193 Å². The van der Waals surface area contributed by atoms with Crippen molar-refractivity contribution in [1.29, 1.82) is 0 Å². The van der Waals surface area contributed by atoms with Crippen LogP contribution in [0, 0.1) is 0 Å². The molecule has 1 aliphatic heterocycles. The van der Waals surface area contributed by atoms with Crippen LogP contribution in [-0.2, 0) is 6.42 Å². The molecule has 0 aliphatic carbocycles. The number of likely N-dealkylation sites (N-methyl/N-ethyl adjacent to an activating group) is 1. The number of hydrogen-bond acceptors (Lipinski definition) is 7. The molecule has 0 atom stereocenters. The number of nitrogens with zero attached hydrogens (tertiary/aromatic N) is 4. The summed E-state index contributed by atoms with van der Waals surface area (Å²) in [5, 5.41) is 3.81. The van der Waals surface area contributed by atoms with Gasteiger partial charge in [-0.25, -0.2) is 9.97 Å². The SMILES string of the molecule is COc1ccc(Cc2nc(Nc3ccc(N4CCN(C)CC4)cc3)ncc2Cl)cc1OC. The molecule has 2 aromatic carbocycles. The summed E-state index contributed by atoms with van der Waals surface area (Å²) in [4.78, 5) is 13.7. The monoisotopic (exact) mass is 453 g/mol. The number of benzene rings is 2. The molecule has 0 bridgehead atoms. The molecule has 0 spiro atoms. The molecule has 0 amide bonds. The Morgan fingerprint density at radius 3 is 2.38 bits per heavy atom. The number of aromatic nitrogens is 2. The number of nitrogens with one attached hydrogen (secondary N) is 1. The minimum atomic E-state index is 0.511. The minimum Gasteiger partial charge on any atom is -0.493 e. The predicted octanol–water partition coefficient (Wildman–Crippen LogP) is 4.23. The largest absolute Gasteiger partial charge is 0.493 e. The third-order valence-corrected chi connectivity index (χ3v) is 5.94. The summed E-state index contributed by atoms with van der Waals surface area (Å²) in [6.07, 6.45) is 2.18. The van der Waals surface area contributed by atoms with E-state index >= 15 is 0 Å². The summed E-state index contributed by atoms with van der Waals surface area (Å²) in [5.74, 6) is 1.87. The van der Waals surface area contributed by atoms with Gasteiger partial charge in [-0.1, -0.05) is 17.7 Å². The molecule has 32 heavy (non-hydrogen) atoms. The molecule has 1 saturated heterocycles. The first-order valence-electron chi connectivity index (χ1n) is 10.6. The quantitative estimate of drug-likeness (QED) is 0.574. The molecule has 2 heterocycles. The Bertz CT molecular complexity index is 1050. The van der Waals surface area contributed by atoms with Crippen molar-refractivity contribution >= 4 is 28.9 Å². The number of halogens is 1. The highest BCUT2D eigenvalue weighted by atomic mass is 35.5. The average Bonchev–Trinajstić information content (AvgIpc) is 2.82. The fourth-order valence-electron chi connectivity index (χ4n) is 3.72. The Kier molecular flexibility index (Phi) is 6.97. The van der Waals surface area contributed by atoms with Crippen molar-refractivity contribution in [2.45, 2.75) is 6.42 Å². The zero-order valence-electron chi connectivity index (χ0n) is 18.6. The molecule has 0 radical (unpaired) electrons. The van der Waals surface area contributed by atoms with Crippen LogP contribution in [0.3, 0.4) is 0 Å². The van der Waals surface area contributed by atoms with Gasteiger partial charge in [-0.15, -0.1) is 0 Å². The highest BCUT2D eigenvalue weighted by Crippen LogP contribution is 2.29. The van der Waals surface area contributed by atoms with E-state index in [1.54, 1.807) is 20.4 Å². The maximum Gasteiger partial charge on any atom is 0.227 e. The van der Waals surface area contributed by atoms with Gasteiger partial charge in [-0.05, 0) is 49.0 Å². The Morgan fingerprint density at radius 2 is 1.69 bits per heavy atom. The van der Waals surface area contributed by atoms with Crippen molar-refractivity contribution in [1.82, 2.24) is 14.9 Å². The van der Waals surface area contributed by atoms with E-state index in [1.807, 2.05) is 18.2 Å². The second-order valence-electron chi connectivity index (χ2n) is 7.82. The number of hydrogen-bond donors (Lipinski definition) is 1. The highest BCUT2D eigenvalue weighted by Gasteiger charge is 2.14.